The molecule has 2 atom stereocenters. The zero-order valence-electron chi connectivity index (χ0n) is 20.6. The van der Waals surface area contributed by atoms with Gasteiger partial charge in [0.05, 0.1) is 38.1 Å². The third kappa shape index (κ3) is 4.78. The molecule has 1 N–H and O–H groups in total. The standard InChI is InChI=1S/C27H33N5O2S/c1-19-18-23(20(2)32(19)21-7-9-22(33-3)10-8-21)26-25(24-6-4-5-11-28-24)29-27(35)31(26)13-12-30-14-16-34-17-15-30/h4-11,18,25-26H,12-17H2,1-3H3,(H,29,35). The molecule has 0 bridgehead atoms. The van der Waals surface area contributed by atoms with E-state index in [1.165, 1.54) is 17.0 Å². The predicted octanol–water partition coefficient (Wildman–Crippen LogP) is 3.80. The van der Waals surface area contributed by atoms with Crippen LogP contribution in [0.1, 0.15) is 34.7 Å². The molecule has 8 heteroatoms. The Morgan fingerprint density at radius 2 is 1.86 bits per heavy atom. The lowest BCUT2D eigenvalue weighted by Crippen LogP contribution is -2.42. The van der Waals surface area contributed by atoms with Crippen molar-refractivity contribution < 1.29 is 9.47 Å². The molecule has 35 heavy (non-hydrogen) atoms. The number of nitrogens with zero attached hydrogens (tertiary/aromatic N) is 4. The number of benzene rings is 1. The Kier molecular flexibility index (Phi) is 7.04. The van der Waals surface area contributed by atoms with Crippen LogP contribution in [0.15, 0.2) is 54.7 Å². The summed E-state index contributed by atoms with van der Waals surface area (Å²) in [6.45, 7) is 9.69. The molecule has 184 valence electrons. The lowest BCUT2D eigenvalue weighted by molar-refractivity contribution is 0.0350. The second-order valence-corrected chi connectivity index (χ2v) is 9.52. The van der Waals surface area contributed by atoms with Gasteiger partial charge in [-0.2, -0.15) is 0 Å². The number of aromatic nitrogens is 2. The highest BCUT2D eigenvalue weighted by atomic mass is 32.1. The van der Waals surface area contributed by atoms with E-state index in [1.807, 2.05) is 30.5 Å². The maximum Gasteiger partial charge on any atom is 0.170 e. The van der Waals surface area contributed by atoms with Gasteiger partial charge in [-0.1, -0.05) is 6.07 Å². The van der Waals surface area contributed by atoms with Crippen LogP contribution in [-0.2, 0) is 4.74 Å². The van der Waals surface area contributed by atoms with Gasteiger partial charge in [-0.05, 0) is 74.1 Å². The summed E-state index contributed by atoms with van der Waals surface area (Å²) < 4.78 is 13.2. The van der Waals surface area contributed by atoms with Gasteiger partial charge >= 0.3 is 0 Å². The summed E-state index contributed by atoms with van der Waals surface area (Å²) in [5, 5.41) is 4.38. The Labute approximate surface area is 212 Å². The maximum absolute atomic E-state index is 5.89. The van der Waals surface area contributed by atoms with E-state index in [2.05, 4.69) is 57.8 Å². The Morgan fingerprint density at radius 3 is 2.54 bits per heavy atom. The van der Waals surface area contributed by atoms with Gasteiger partial charge in [-0.3, -0.25) is 9.88 Å². The van der Waals surface area contributed by atoms with Crippen LogP contribution < -0.4 is 10.1 Å². The molecule has 2 unspecified atom stereocenters. The monoisotopic (exact) mass is 491 g/mol. The second-order valence-electron chi connectivity index (χ2n) is 9.13. The first-order valence-electron chi connectivity index (χ1n) is 12.2. The summed E-state index contributed by atoms with van der Waals surface area (Å²) in [5.74, 6) is 0.853. The lowest BCUT2D eigenvalue weighted by atomic mass is 9.96. The van der Waals surface area contributed by atoms with Crippen molar-refractivity contribution >= 4 is 17.3 Å². The molecule has 5 rings (SSSR count). The molecular weight excluding hydrogens is 458 g/mol. The van der Waals surface area contributed by atoms with Gasteiger partial charge in [0, 0.05) is 49.5 Å². The van der Waals surface area contributed by atoms with Crippen LogP contribution in [-0.4, -0.2) is 71.0 Å². The molecule has 2 aliphatic rings. The van der Waals surface area contributed by atoms with Gasteiger partial charge in [-0.25, -0.2) is 0 Å². The average Bonchev–Trinajstić information content (AvgIpc) is 3.38. The Bertz CT molecular complexity index is 1160. The lowest BCUT2D eigenvalue weighted by Gasteiger charge is -2.32. The topological polar surface area (TPSA) is 54.8 Å². The van der Waals surface area contributed by atoms with E-state index >= 15 is 0 Å². The molecular formula is C27H33N5O2S. The number of pyridine rings is 1. The van der Waals surface area contributed by atoms with Crippen molar-refractivity contribution in [3.8, 4) is 11.4 Å². The maximum atomic E-state index is 5.89. The molecule has 0 aliphatic carbocycles. The minimum atomic E-state index is -0.0155. The minimum absolute atomic E-state index is 0.0155. The number of nitrogens with one attached hydrogen (secondary N) is 1. The van der Waals surface area contributed by atoms with Crippen molar-refractivity contribution in [1.82, 2.24) is 24.7 Å². The Morgan fingerprint density at radius 1 is 1.09 bits per heavy atom. The smallest absolute Gasteiger partial charge is 0.170 e. The van der Waals surface area contributed by atoms with Crippen LogP contribution in [0.25, 0.3) is 5.69 Å². The van der Waals surface area contributed by atoms with Crippen LogP contribution in [0.2, 0.25) is 0 Å². The molecule has 1 aromatic carbocycles. The van der Waals surface area contributed by atoms with Crippen molar-refractivity contribution in [3.63, 3.8) is 0 Å². The van der Waals surface area contributed by atoms with Gasteiger partial charge < -0.3 is 24.3 Å². The fraction of sp³-hybridized carbons (Fsp3) is 0.407. The van der Waals surface area contributed by atoms with Crippen molar-refractivity contribution in [2.75, 3.05) is 46.5 Å². The van der Waals surface area contributed by atoms with E-state index in [4.69, 9.17) is 26.7 Å². The number of ether oxygens (including phenoxy) is 2. The second kappa shape index (κ2) is 10.4. The average molecular weight is 492 g/mol. The number of hydrogen-bond donors (Lipinski definition) is 1. The summed E-state index contributed by atoms with van der Waals surface area (Å²) in [5.41, 5.74) is 5.79. The molecule has 3 aromatic rings. The van der Waals surface area contributed by atoms with E-state index in [9.17, 15) is 0 Å². The molecule has 4 heterocycles. The van der Waals surface area contributed by atoms with Crippen LogP contribution in [0.4, 0.5) is 0 Å². The minimum Gasteiger partial charge on any atom is -0.497 e. The predicted molar refractivity (Wildman–Crippen MR) is 141 cm³/mol. The van der Waals surface area contributed by atoms with E-state index < -0.39 is 0 Å². The number of morpholine rings is 1. The van der Waals surface area contributed by atoms with Crippen molar-refractivity contribution in [2.45, 2.75) is 25.9 Å². The third-order valence-electron chi connectivity index (χ3n) is 7.08. The Balaban J connectivity index is 1.51. The van der Waals surface area contributed by atoms with Gasteiger partial charge in [0.2, 0.25) is 0 Å². The van der Waals surface area contributed by atoms with Crippen LogP contribution >= 0.6 is 12.2 Å². The number of rotatable bonds is 7. The van der Waals surface area contributed by atoms with E-state index in [0.29, 0.717) is 0 Å². The first kappa shape index (κ1) is 23.8. The molecule has 2 saturated heterocycles. The molecule has 0 radical (unpaired) electrons. The molecule has 0 saturated carbocycles. The molecule has 0 amide bonds. The highest BCUT2D eigenvalue weighted by Gasteiger charge is 2.41. The summed E-state index contributed by atoms with van der Waals surface area (Å²) in [4.78, 5) is 9.50. The van der Waals surface area contributed by atoms with E-state index in [-0.39, 0.29) is 12.1 Å². The fourth-order valence-electron chi connectivity index (χ4n) is 5.27. The van der Waals surface area contributed by atoms with Gasteiger partial charge in [0.25, 0.3) is 0 Å². The van der Waals surface area contributed by atoms with E-state index in [0.717, 1.165) is 61.6 Å². The summed E-state index contributed by atoms with van der Waals surface area (Å²) in [6.07, 6.45) is 1.86. The summed E-state index contributed by atoms with van der Waals surface area (Å²) in [6, 6.07) is 16.6. The molecule has 7 nitrogen and oxygen atoms in total. The normalized spacial score (nSPS) is 20.8. The van der Waals surface area contributed by atoms with Crippen LogP contribution in [0.3, 0.4) is 0 Å². The number of hydrogen-bond acceptors (Lipinski definition) is 5. The van der Waals surface area contributed by atoms with E-state index in [1.54, 1.807) is 7.11 Å². The SMILES string of the molecule is COc1ccc(-n2c(C)cc(C3C(c4ccccn4)NC(=S)N3CCN3CCOCC3)c2C)cc1. The van der Waals surface area contributed by atoms with Crippen LogP contribution in [0.5, 0.6) is 5.75 Å². The molecule has 0 spiro atoms. The largest absolute Gasteiger partial charge is 0.497 e. The highest BCUT2D eigenvalue weighted by Crippen LogP contribution is 2.41. The highest BCUT2D eigenvalue weighted by molar-refractivity contribution is 7.80. The molecule has 2 aliphatic heterocycles. The third-order valence-corrected chi connectivity index (χ3v) is 7.43. The molecule has 2 aromatic heterocycles. The van der Waals surface area contributed by atoms with Crippen LogP contribution in [0, 0.1) is 13.8 Å². The van der Waals surface area contributed by atoms with Gasteiger partial charge in [0.1, 0.15) is 5.75 Å². The first-order chi connectivity index (χ1) is 17.1. The van der Waals surface area contributed by atoms with Gasteiger partial charge in [0.15, 0.2) is 5.11 Å². The quantitative estimate of drug-likeness (QED) is 0.505. The molecule has 2 fully saturated rings. The number of aryl methyl sites for hydroxylation is 1. The van der Waals surface area contributed by atoms with Gasteiger partial charge in [-0.15, -0.1) is 0 Å². The van der Waals surface area contributed by atoms with Crippen molar-refractivity contribution in [2.24, 2.45) is 0 Å². The van der Waals surface area contributed by atoms with Crippen molar-refractivity contribution in [1.29, 1.82) is 0 Å². The first-order valence-corrected chi connectivity index (χ1v) is 12.6. The zero-order chi connectivity index (χ0) is 24.4. The van der Waals surface area contributed by atoms with Crippen molar-refractivity contribution in [3.05, 3.63) is 77.4 Å². The summed E-state index contributed by atoms with van der Waals surface area (Å²) >= 11 is 5.89. The number of methoxy groups -OCH3 is 1. The summed E-state index contributed by atoms with van der Waals surface area (Å²) in [7, 11) is 1.69. The number of thiocarbonyl (C=S) groups is 1. The fourth-order valence-corrected chi connectivity index (χ4v) is 5.61. The Hall–Kier alpha value is -2.94. The zero-order valence-corrected chi connectivity index (χ0v) is 21.4.